The highest BCUT2D eigenvalue weighted by molar-refractivity contribution is 14.1. The summed E-state index contributed by atoms with van der Waals surface area (Å²) >= 11 is 7.75. The molecule has 0 saturated heterocycles. The van der Waals surface area contributed by atoms with Crippen molar-refractivity contribution < 1.29 is 8.91 Å². The van der Waals surface area contributed by atoms with E-state index in [0.717, 1.165) is 9.13 Å². The summed E-state index contributed by atoms with van der Waals surface area (Å²) in [5.74, 6) is 0.282. The Balaban J connectivity index is 2.49. The van der Waals surface area contributed by atoms with E-state index in [0.29, 0.717) is 10.9 Å². The lowest BCUT2D eigenvalue weighted by molar-refractivity contribution is 0.432. The Labute approximate surface area is 98.2 Å². The Morgan fingerprint density at radius 3 is 2.43 bits per heavy atom. The molecule has 1 aromatic heterocycles. The number of hydrogen-bond acceptors (Lipinski definition) is 2. The molecule has 0 saturated carbocycles. The van der Waals surface area contributed by atoms with Crippen LogP contribution in [0.4, 0.5) is 4.39 Å². The van der Waals surface area contributed by atoms with E-state index in [2.05, 4.69) is 5.16 Å². The Morgan fingerprint density at radius 2 is 1.93 bits per heavy atom. The first kappa shape index (κ1) is 9.92. The van der Waals surface area contributed by atoms with Crippen LogP contribution in [0.2, 0.25) is 5.15 Å². The van der Waals surface area contributed by atoms with E-state index < -0.39 is 0 Å². The van der Waals surface area contributed by atoms with Crippen LogP contribution in [-0.2, 0) is 0 Å². The molecule has 0 aliphatic rings. The van der Waals surface area contributed by atoms with Crippen LogP contribution in [0.3, 0.4) is 0 Å². The molecule has 2 aromatic rings. The third-order valence-electron chi connectivity index (χ3n) is 1.70. The molecular weight excluding hydrogens is 319 g/mol. The van der Waals surface area contributed by atoms with Gasteiger partial charge < -0.3 is 4.52 Å². The van der Waals surface area contributed by atoms with E-state index >= 15 is 0 Å². The van der Waals surface area contributed by atoms with E-state index in [1.165, 1.54) is 12.1 Å². The van der Waals surface area contributed by atoms with Crippen LogP contribution in [0.25, 0.3) is 11.3 Å². The topological polar surface area (TPSA) is 26.0 Å². The largest absolute Gasteiger partial charge is 0.354 e. The van der Waals surface area contributed by atoms with Crippen LogP contribution in [-0.4, -0.2) is 5.16 Å². The van der Waals surface area contributed by atoms with Crippen molar-refractivity contribution in [2.75, 3.05) is 0 Å². The summed E-state index contributed by atoms with van der Waals surface area (Å²) < 4.78 is 18.4. The zero-order valence-corrected chi connectivity index (χ0v) is 9.71. The normalized spacial score (nSPS) is 10.5. The van der Waals surface area contributed by atoms with Gasteiger partial charge in [0.05, 0.1) is 3.57 Å². The van der Waals surface area contributed by atoms with Crippen LogP contribution in [0.5, 0.6) is 0 Å². The fourth-order valence-corrected chi connectivity index (χ4v) is 1.67. The van der Waals surface area contributed by atoms with Crippen molar-refractivity contribution in [1.29, 1.82) is 0 Å². The highest BCUT2D eigenvalue weighted by Gasteiger charge is 2.13. The molecule has 2 rings (SSSR count). The summed E-state index contributed by atoms with van der Waals surface area (Å²) in [7, 11) is 0. The molecule has 72 valence electrons. The number of benzene rings is 1. The minimum Gasteiger partial charge on any atom is -0.354 e. The molecule has 0 amide bonds. The molecular formula is C9H4ClFINO. The second-order valence-corrected chi connectivity index (χ2v) is 4.06. The molecule has 5 heteroatoms. The van der Waals surface area contributed by atoms with Crippen LogP contribution in [0, 0.1) is 9.39 Å². The van der Waals surface area contributed by atoms with Crippen molar-refractivity contribution in [3.05, 3.63) is 38.8 Å². The fraction of sp³-hybridized carbons (Fsp3) is 0. The first-order valence-electron chi connectivity index (χ1n) is 3.75. The smallest absolute Gasteiger partial charge is 0.186 e. The van der Waals surface area contributed by atoms with E-state index in [-0.39, 0.29) is 5.82 Å². The summed E-state index contributed by atoms with van der Waals surface area (Å²) in [6.07, 6.45) is 0. The lowest BCUT2D eigenvalue weighted by Gasteiger charge is -1.95. The summed E-state index contributed by atoms with van der Waals surface area (Å²) in [6.45, 7) is 0. The summed E-state index contributed by atoms with van der Waals surface area (Å²) in [5.41, 5.74) is 0.759. The Kier molecular flexibility index (Phi) is 2.73. The van der Waals surface area contributed by atoms with Gasteiger partial charge in [-0.05, 0) is 46.9 Å². The van der Waals surface area contributed by atoms with Crippen LogP contribution < -0.4 is 0 Å². The minimum atomic E-state index is -0.283. The molecule has 0 atom stereocenters. The average Bonchev–Trinajstić information content (AvgIpc) is 2.50. The van der Waals surface area contributed by atoms with Crippen molar-refractivity contribution in [2.45, 2.75) is 0 Å². The number of aromatic nitrogens is 1. The molecule has 0 aliphatic carbocycles. The molecule has 2 nitrogen and oxygen atoms in total. The van der Waals surface area contributed by atoms with Gasteiger partial charge in [-0.25, -0.2) is 4.39 Å². The molecule has 0 fully saturated rings. The third kappa shape index (κ3) is 1.76. The second kappa shape index (κ2) is 3.86. The highest BCUT2D eigenvalue weighted by Crippen LogP contribution is 2.30. The standard InChI is InChI=1S/C9H4ClFINO/c10-9-7(12)8(14-13-9)5-1-3-6(11)4-2-5/h1-4H. The molecule has 0 N–H and O–H groups in total. The summed E-state index contributed by atoms with van der Waals surface area (Å²) in [6, 6.07) is 5.96. The number of halogens is 3. The lowest BCUT2D eigenvalue weighted by Crippen LogP contribution is -1.78. The van der Waals surface area contributed by atoms with Crippen LogP contribution >= 0.6 is 34.2 Å². The van der Waals surface area contributed by atoms with E-state index in [4.69, 9.17) is 16.1 Å². The van der Waals surface area contributed by atoms with Crippen LogP contribution in [0.15, 0.2) is 28.8 Å². The maximum absolute atomic E-state index is 12.6. The maximum Gasteiger partial charge on any atom is 0.186 e. The first-order chi connectivity index (χ1) is 6.68. The van der Waals surface area contributed by atoms with Gasteiger partial charge in [-0.2, -0.15) is 0 Å². The predicted molar refractivity (Wildman–Crippen MR) is 59.6 cm³/mol. The Hall–Kier alpha value is -0.620. The van der Waals surface area contributed by atoms with Gasteiger partial charge in [-0.15, -0.1) is 0 Å². The quantitative estimate of drug-likeness (QED) is 0.747. The molecule has 14 heavy (non-hydrogen) atoms. The van der Waals surface area contributed by atoms with Gasteiger partial charge in [0.2, 0.25) is 0 Å². The Morgan fingerprint density at radius 1 is 1.29 bits per heavy atom. The average molecular weight is 323 g/mol. The van der Waals surface area contributed by atoms with E-state index in [9.17, 15) is 4.39 Å². The first-order valence-corrected chi connectivity index (χ1v) is 5.21. The number of nitrogens with zero attached hydrogens (tertiary/aromatic N) is 1. The van der Waals surface area contributed by atoms with Gasteiger partial charge >= 0.3 is 0 Å². The minimum absolute atomic E-state index is 0.283. The predicted octanol–water partition coefficient (Wildman–Crippen LogP) is 3.74. The van der Waals surface area contributed by atoms with E-state index in [1.807, 2.05) is 22.6 Å². The molecule has 0 spiro atoms. The van der Waals surface area contributed by atoms with Gasteiger partial charge in [0.15, 0.2) is 10.9 Å². The van der Waals surface area contributed by atoms with Crippen molar-refractivity contribution in [3.63, 3.8) is 0 Å². The summed E-state index contributed by atoms with van der Waals surface area (Å²) in [5, 5.41) is 3.93. The molecule has 0 bridgehead atoms. The summed E-state index contributed by atoms with van der Waals surface area (Å²) in [4.78, 5) is 0. The van der Waals surface area contributed by atoms with Crippen LogP contribution in [0.1, 0.15) is 0 Å². The van der Waals surface area contributed by atoms with Gasteiger partial charge in [0.1, 0.15) is 5.82 Å². The van der Waals surface area contributed by atoms with Crippen molar-refractivity contribution in [2.24, 2.45) is 0 Å². The number of rotatable bonds is 1. The van der Waals surface area contributed by atoms with Crippen molar-refractivity contribution in [1.82, 2.24) is 5.16 Å². The van der Waals surface area contributed by atoms with Gasteiger partial charge in [0, 0.05) is 5.56 Å². The van der Waals surface area contributed by atoms with E-state index in [1.54, 1.807) is 12.1 Å². The van der Waals surface area contributed by atoms with Crippen molar-refractivity contribution in [3.8, 4) is 11.3 Å². The Bertz CT molecular complexity index is 454. The van der Waals surface area contributed by atoms with Crippen molar-refractivity contribution >= 4 is 34.2 Å². The van der Waals surface area contributed by atoms with Gasteiger partial charge in [0.25, 0.3) is 0 Å². The third-order valence-corrected chi connectivity index (χ3v) is 3.28. The SMILES string of the molecule is Fc1ccc(-c2onc(Cl)c2I)cc1. The fourth-order valence-electron chi connectivity index (χ4n) is 1.04. The van der Waals surface area contributed by atoms with Gasteiger partial charge in [-0.1, -0.05) is 16.8 Å². The molecule has 1 heterocycles. The monoisotopic (exact) mass is 323 g/mol. The second-order valence-electron chi connectivity index (χ2n) is 2.62. The molecule has 1 aromatic carbocycles. The molecule has 0 aliphatic heterocycles. The molecule has 0 unspecified atom stereocenters. The molecule has 0 radical (unpaired) electrons. The lowest BCUT2D eigenvalue weighted by atomic mass is 10.2. The zero-order valence-electron chi connectivity index (χ0n) is 6.80. The highest BCUT2D eigenvalue weighted by atomic mass is 127. The zero-order chi connectivity index (χ0) is 10.1. The van der Waals surface area contributed by atoms with Gasteiger partial charge in [-0.3, -0.25) is 0 Å². The number of hydrogen-bond donors (Lipinski definition) is 0. The maximum atomic E-state index is 12.6.